The molecule has 3 nitrogen and oxygen atoms in total. The first kappa shape index (κ1) is 8.31. The van der Waals surface area contributed by atoms with Crippen LogP contribution < -0.4 is 0 Å². The number of rotatable bonds is 1. The van der Waals surface area contributed by atoms with Crippen LogP contribution in [0.25, 0.3) is 10.9 Å². The zero-order valence-electron chi connectivity index (χ0n) is 6.54. The van der Waals surface area contributed by atoms with Crippen molar-refractivity contribution in [2.24, 2.45) is 0 Å². The van der Waals surface area contributed by atoms with Gasteiger partial charge in [-0.2, -0.15) is 0 Å². The monoisotopic (exact) mass is 239 g/mol. The molecule has 0 spiro atoms. The molecule has 66 valence electrons. The van der Waals surface area contributed by atoms with E-state index in [0.29, 0.717) is 17.4 Å². The van der Waals surface area contributed by atoms with Gasteiger partial charge in [-0.1, -0.05) is 0 Å². The molecule has 2 N–H and O–H groups in total. The van der Waals surface area contributed by atoms with Gasteiger partial charge in [-0.25, -0.2) is 0 Å². The van der Waals surface area contributed by atoms with E-state index in [1.165, 1.54) is 0 Å². The third kappa shape index (κ3) is 1.23. The highest BCUT2D eigenvalue weighted by atomic mass is 79.9. The van der Waals surface area contributed by atoms with Crippen molar-refractivity contribution in [2.75, 3.05) is 0 Å². The fraction of sp³-hybridized carbons (Fsp3) is 0. The van der Waals surface area contributed by atoms with Crippen molar-refractivity contribution in [1.29, 1.82) is 0 Å². The fourth-order valence-electron chi connectivity index (χ4n) is 1.25. The Labute approximate surface area is 82.5 Å². The van der Waals surface area contributed by atoms with Crippen LogP contribution in [0.5, 0.6) is 5.75 Å². The molecule has 0 bridgehead atoms. The Kier molecular flexibility index (Phi) is 1.84. The lowest BCUT2D eigenvalue weighted by Crippen LogP contribution is -1.75. The van der Waals surface area contributed by atoms with Gasteiger partial charge in [-0.15, -0.1) is 0 Å². The number of carbonyl (C=O) groups is 1. The second-order valence-electron chi connectivity index (χ2n) is 2.70. The summed E-state index contributed by atoms with van der Waals surface area (Å²) in [6.07, 6.45) is 0.714. The van der Waals surface area contributed by atoms with Gasteiger partial charge in [-0.3, -0.25) is 4.79 Å². The molecule has 0 amide bonds. The normalized spacial score (nSPS) is 10.5. The number of hydrogen-bond donors (Lipinski definition) is 2. The Morgan fingerprint density at radius 1 is 1.46 bits per heavy atom. The molecule has 0 saturated heterocycles. The van der Waals surface area contributed by atoms with Gasteiger partial charge in [0, 0.05) is 9.86 Å². The lowest BCUT2D eigenvalue weighted by atomic mass is 10.2. The van der Waals surface area contributed by atoms with Crippen molar-refractivity contribution in [1.82, 2.24) is 4.98 Å². The Hall–Kier alpha value is -1.29. The average Bonchev–Trinajstić information content (AvgIpc) is 2.56. The number of aldehydes is 1. The number of phenols is 1. The molecule has 1 aromatic heterocycles. The molecule has 0 aliphatic carbocycles. The number of carbonyl (C=O) groups excluding carboxylic acids is 1. The van der Waals surface area contributed by atoms with Crippen molar-refractivity contribution in [2.45, 2.75) is 0 Å². The Balaban J connectivity index is 2.87. The minimum Gasteiger partial charge on any atom is -0.507 e. The van der Waals surface area contributed by atoms with Gasteiger partial charge in [0.15, 0.2) is 6.29 Å². The van der Waals surface area contributed by atoms with Gasteiger partial charge in [-0.05, 0) is 34.1 Å². The zero-order chi connectivity index (χ0) is 9.42. The molecular formula is C9H6BrNO2. The Morgan fingerprint density at radius 3 is 2.85 bits per heavy atom. The van der Waals surface area contributed by atoms with Crippen LogP contribution in [0.15, 0.2) is 22.7 Å². The van der Waals surface area contributed by atoms with Crippen molar-refractivity contribution < 1.29 is 9.90 Å². The first-order valence-electron chi connectivity index (χ1n) is 3.68. The van der Waals surface area contributed by atoms with Gasteiger partial charge in [0.25, 0.3) is 0 Å². The van der Waals surface area contributed by atoms with Crippen LogP contribution in [0.1, 0.15) is 10.5 Å². The fourth-order valence-corrected chi connectivity index (χ4v) is 1.70. The number of halogens is 1. The SMILES string of the molecule is O=Cc1cc2c(O)ccc(Br)c2[nH]1. The number of aromatic hydroxyl groups is 1. The summed E-state index contributed by atoms with van der Waals surface area (Å²) in [5, 5.41) is 10.1. The van der Waals surface area contributed by atoms with E-state index in [1.54, 1.807) is 18.2 Å². The minimum atomic E-state index is 0.169. The van der Waals surface area contributed by atoms with Gasteiger partial charge < -0.3 is 10.1 Å². The molecule has 13 heavy (non-hydrogen) atoms. The third-order valence-electron chi connectivity index (χ3n) is 1.87. The number of aromatic amines is 1. The molecule has 0 aliphatic heterocycles. The summed E-state index contributed by atoms with van der Waals surface area (Å²) in [4.78, 5) is 13.3. The molecular weight excluding hydrogens is 234 g/mol. The maximum absolute atomic E-state index is 10.5. The summed E-state index contributed by atoms with van der Waals surface area (Å²) in [6, 6.07) is 4.92. The molecule has 1 heterocycles. The minimum absolute atomic E-state index is 0.169. The van der Waals surface area contributed by atoms with Crippen LogP contribution in [0, 0.1) is 0 Å². The van der Waals surface area contributed by atoms with Crippen LogP contribution in [0.4, 0.5) is 0 Å². The Bertz CT molecular complexity index is 437. The van der Waals surface area contributed by atoms with Crippen LogP contribution in [0.2, 0.25) is 0 Å². The summed E-state index contributed by atoms with van der Waals surface area (Å²) in [5.74, 6) is 0.169. The number of nitrogens with one attached hydrogen (secondary N) is 1. The topological polar surface area (TPSA) is 53.1 Å². The summed E-state index contributed by atoms with van der Waals surface area (Å²) in [7, 11) is 0. The maximum atomic E-state index is 10.5. The standard InChI is InChI=1S/C9H6BrNO2/c10-7-1-2-8(13)6-3-5(4-12)11-9(6)7/h1-4,11,13H. The van der Waals surface area contributed by atoms with E-state index in [4.69, 9.17) is 0 Å². The van der Waals surface area contributed by atoms with Crippen LogP contribution in [0.3, 0.4) is 0 Å². The van der Waals surface area contributed by atoms with E-state index in [0.717, 1.165) is 9.99 Å². The van der Waals surface area contributed by atoms with E-state index >= 15 is 0 Å². The van der Waals surface area contributed by atoms with Gasteiger partial charge >= 0.3 is 0 Å². The molecule has 0 atom stereocenters. The van der Waals surface area contributed by atoms with E-state index in [1.807, 2.05) is 0 Å². The van der Waals surface area contributed by atoms with Gasteiger partial charge in [0.1, 0.15) is 5.75 Å². The average molecular weight is 240 g/mol. The van der Waals surface area contributed by atoms with Gasteiger partial charge in [0.05, 0.1) is 11.2 Å². The van der Waals surface area contributed by atoms with E-state index in [-0.39, 0.29) is 5.75 Å². The summed E-state index contributed by atoms with van der Waals surface area (Å²) in [6.45, 7) is 0. The third-order valence-corrected chi connectivity index (χ3v) is 2.53. The quantitative estimate of drug-likeness (QED) is 0.752. The molecule has 1 aromatic carbocycles. The number of benzene rings is 1. The van der Waals surface area contributed by atoms with Crippen molar-refractivity contribution >= 4 is 33.1 Å². The molecule has 0 saturated carbocycles. The lowest BCUT2D eigenvalue weighted by Gasteiger charge is -1.95. The second kappa shape index (κ2) is 2.88. The highest BCUT2D eigenvalue weighted by Gasteiger charge is 2.06. The number of fused-ring (bicyclic) bond motifs is 1. The summed E-state index contributed by atoms with van der Waals surface area (Å²) in [5.41, 5.74) is 1.19. The molecule has 0 aliphatic rings. The zero-order valence-corrected chi connectivity index (χ0v) is 8.13. The van der Waals surface area contributed by atoms with Crippen molar-refractivity contribution in [3.8, 4) is 5.75 Å². The first-order valence-corrected chi connectivity index (χ1v) is 4.47. The van der Waals surface area contributed by atoms with Crippen molar-refractivity contribution in [3.63, 3.8) is 0 Å². The predicted octanol–water partition coefficient (Wildman–Crippen LogP) is 2.45. The lowest BCUT2D eigenvalue weighted by molar-refractivity contribution is 0.112. The van der Waals surface area contributed by atoms with Crippen molar-refractivity contribution in [3.05, 3.63) is 28.4 Å². The smallest absolute Gasteiger partial charge is 0.166 e. The van der Waals surface area contributed by atoms with E-state index in [9.17, 15) is 9.90 Å². The number of hydrogen-bond acceptors (Lipinski definition) is 2. The molecule has 0 radical (unpaired) electrons. The summed E-state index contributed by atoms with van der Waals surface area (Å²) < 4.78 is 0.827. The van der Waals surface area contributed by atoms with Crippen LogP contribution in [-0.2, 0) is 0 Å². The van der Waals surface area contributed by atoms with E-state index in [2.05, 4.69) is 20.9 Å². The van der Waals surface area contributed by atoms with Crippen LogP contribution in [-0.4, -0.2) is 16.4 Å². The maximum Gasteiger partial charge on any atom is 0.166 e. The summed E-state index contributed by atoms with van der Waals surface area (Å²) >= 11 is 3.32. The van der Waals surface area contributed by atoms with Crippen LogP contribution >= 0.6 is 15.9 Å². The largest absolute Gasteiger partial charge is 0.507 e. The van der Waals surface area contributed by atoms with E-state index < -0.39 is 0 Å². The second-order valence-corrected chi connectivity index (χ2v) is 3.55. The first-order chi connectivity index (χ1) is 6.22. The molecule has 0 unspecified atom stereocenters. The highest BCUT2D eigenvalue weighted by molar-refractivity contribution is 9.10. The number of H-pyrrole nitrogens is 1. The molecule has 2 rings (SSSR count). The molecule has 4 heteroatoms. The number of aromatic nitrogens is 1. The molecule has 2 aromatic rings. The predicted molar refractivity (Wildman–Crippen MR) is 53.1 cm³/mol. The Morgan fingerprint density at radius 2 is 2.23 bits per heavy atom. The van der Waals surface area contributed by atoms with Gasteiger partial charge in [0.2, 0.25) is 0 Å². The highest BCUT2D eigenvalue weighted by Crippen LogP contribution is 2.30. The molecule has 0 fully saturated rings. The number of phenolic OH excluding ortho intramolecular Hbond substituents is 1.